The molecule has 0 saturated heterocycles. The Hall–Kier alpha value is -1.20. The summed E-state index contributed by atoms with van der Waals surface area (Å²) < 4.78 is 0.891. The van der Waals surface area contributed by atoms with Crippen molar-refractivity contribution < 1.29 is 9.90 Å². The van der Waals surface area contributed by atoms with Gasteiger partial charge in [-0.1, -0.05) is 28.1 Å². The number of carbonyl (C=O) groups is 1. The SMILES string of the molecule is Cc1nc(CC(C(=O)O)c2cccc(Br)c2)sc1C. The van der Waals surface area contributed by atoms with Crippen molar-refractivity contribution in [3.63, 3.8) is 0 Å². The number of nitrogens with zero attached hydrogens (tertiary/aromatic N) is 1. The number of hydrogen-bond acceptors (Lipinski definition) is 3. The Bertz CT molecular complexity index is 590. The lowest BCUT2D eigenvalue weighted by Crippen LogP contribution is -2.14. The van der Waals surface area contributed by atoms with Gasteiger partial charge < -0.3 is 5.11 Å². The molecule has 1 N–H and O–H groups in total. The molecule has 2 aromatic rings. The average molecular weight is 340 g/mol. The van der Waals surface area contributed by atoms with Crippen molar-refractivity contribution in [3.05, 3.63) is 49.9 Å². The molecule has 3 nitrogen and oxygen atoms in total. The second-order valence-electron chi connectivity index (χ2n) is 4.40. The molecule has 0 fully saturated rings. The third kappa shape index (κ3) is 3.42. The van der Waals surface area contributed by atoms with Gasteiger partial charge in [0.05, 0.1) is 16.6 Å². The van der Waals surface area contributed by atoms with Crippen molar-refractivity contribution in [1.82, 2.24) is 4.98 Å². The Kier molecular flexibility index (Phi) is 4.37. The minimum atomic E-state index is -0.816. The van der Waals surface area contributed by atoms with Crippen LogP contribution < -0.4 is 0 Å². The van der Waals surface area contributed by atoms with E-state index in [0.717, 1.165) is 25.6 Å². The lowest BCUT2D eigenvalue weighted by atomic mass is 9.96. The summed E-state index contributed by atoms with van der Waals surface area (Å²) >= 11 is 4.95. The van der Waals surface area contributed by atoms with Gasteiger partial charge in [-0.05, 0) is 31.5 Å². The van der Waals surface area contributed by atoms with Gasteiger partial charge in [-0.15, -0.1) is 11.3 Å². The maximum Gasteiger partial charge on any atom is 0.311 e. The number of carboxylic acid groups (broad SMARTS) is 1. The van der Waals surface area contributed by atoms with Gasteiger partial charge in [-0.25, -0.2) is 4.98 Å². The van der Waals surface area contributed by atoms with Gasteiger partial charge >= 0.3 is 5.97 Å². The summed E-state index contributed by atoms with van der Waals surface area (Å²) in [5.41, 5.74) is 1.78. The summed E-state index contributed by atoms with van der Waals surface area (Å²) in [4.78, 5) is 17.0. The highest BCUT2D eigenvalue weighted by atomic mass is 79.9. The van der Waals surface area contributed by atoms with Gasteiger partial charge in [0.15, 0.2) is 0 Å². The average Bonchev–Trinajstić information content (AvgIpc) is 2.65. The zero-order chi connectivity index (χ0) is 14.0. The van der Waals surface area contributed by atoms with Crippen LogP contribution in [0.1, 0.15) is 27.1 Å². The van der Waals surface area contributed by atoms with Crippen molar-refractivity contribution in [1.29, 1.82) is 0 Å². The minimum absolute atomic E-state index is 0.436. The predicted molar refractivity (Wildman–Crippen MR) is 79.8 cm³/mol. The summed E-state index contributed by atoms with van der Waals surface area (Å²) in [5.74, 6) is -1.37. The lowest BCUT2D eigenvalue weighted by molar-refractivity contribution is -0.138. The van der Waals surface area contributed by atoms with Gasteiger partial charge in [-0.2, -0.15) is 0 Å². The third-order valence-corrected chi connectivity index (χ3v) is 4.59. The molecule has 0 aliphatic heterocycles. The zero-order valence-electron chi connectivity index (χ0n) is 10.7. The van der Waals surface area contributed by atoms with Gasteiger partial charge in [0.1, 0.15) is 0 Å². The first-order valence-electron chi connectivity index (χ1n) is 5.88. The number of carboxylic acids is 1. The first-order chi connectivity index (χ1) is 8.97. The van der Waals surface area contributed by atoms with Crippen LogP contribution in [0.25, 0.3) is 0 Å². The van der Waals surface area contributed by atoms with E-state index < -0.39 is 11.9 Å². The molecule has 0 aliphatic carbocycles. The van der Waals surface area contributed by atoms with E-state index in [0.29, 0.717) is 6.42 Å². The Morgan fingerprint density at radius 3 is 2.74 bits per heavy atom. The van der Waals surface area contributed by atoms with Crippen molar-refractivity contribution in [2.24, 2.45) is 0 Å². The van der Waals surface area contributed by atoms with E-state index in [1.165, 1.54) is 0 Å². The topological polar surface area (TPSA) is 50.2 Å². The van der Waals surface area contributed by atoms with E-state index in [2.05, 4.69) is 20.9 Å². The van der Waals surface area contributed by atoms with Crippen LogP contribution in [0, 0.1) is 13.8 Å². The normalized spacial score (nSPS) is 12.4. The van der Waals surface area contributed by atoms with E-state index in [1.807, 2.05) is 38.1 Å². The second-order valence-corrected chi connectivity index (χ2v) is 6.60. The fraction of sp³-hybridized carbons (Fsp3) is 0.286. The Balaban J connectivity index is 2.29. The summed E-state index contributed by atoms with van der Waals surface area (Å²) in [6.07, 6.45) is 0.436. The zero-order valence-corrected chi connectivity index (χ0v) is 13.1. The van der Waals surface area contributed by atoms with E-state index in [1.54, 1.807) is 11.3 Å². The number of rotatable bonds is 4. The molecular weight excluding hydrogens is 326 g/mol. The number of hydrogen-bond donors (Lipinski definition) is 1. The third-order valence-electron chi connectivity index (χ3n) is 3.00. The number of benzene rings is 1. The van der Waals surface area contributed by atoms with Crippen LogP contribution >= 0.6 is 27.3 Å². The molecule has 0 saturated carbocycles. The van der Waals surface area contributed by atoms with Crippen LogP contribution in [0.15, 0.2) is 28.7 Å². The molecule has 1 heterocycles. The molecule has 1 aromatic heterocycles. The molecule has 0 amide bonds. The number of halogens is 1. The van der Waals surface area contributed by atoms with Crippen LogP contribution in [0.3, 0.4) is 0 Å². The Morgan fingerprint density at radius 1 is 1.47 bits per heavy atom. The molecule has 1 aromatic carbocycles. The van der Waals surface area contributed by atoms with E-state index in [4.69, 9.17) is 0 Å². The predicted octanol–water partition coefficient (Wildman–Crippen LogP) is 3.93. The van der Waals surface area contributed by atoms with Gasteiger partial charge in [0, 0.05) is 15.8 Å². The Labute approximate surface area is 124 Å². The number of aromatic nitrogens is 1. The number of thiazole rings is 1. The first-order valence-corrected chi connectivity index (χ1v) is 7.49. The molecule has 5 heteroatoms. The van der Waals surface area contributed by atoms with Crippen LogP contribution in [0.5, 0.6) is 0 Å². The maximum atomic E-state index is 11.5. The second kappa shape index (κ2) is 5.84. The van der Waals surface area contributed by atoms with Crippen molar-refractivity contribution in [3.8, 4) is 0 Å². The van der Waals surface area contributed by atoms with Gasteiger partial charge in [-0.3, -0.25) is 4.79 Å². The molecular formula is C14H14BrNO2S. The van der Waals surface area contributed by atoms with Gasteiger partial charge in [0.25, 0.3) is 0 Å². The summed E-state index contributed by atoms with van der Waals surface area (Å²) in [7, 11) is 0. The largest absolute Gasteiger partial charge is 0.481 e. The molecule has 0 bridgehead atoms. The number of aryl methyl sites for hydroxylation is 2. The van der Waals surface area contributed by atoms with Crippen molar-refractivity contribution in [2.75, 3.05) is 0 Å². The molecule has 1 unspecified atom stereocenters. The van der Waals surface area contributed by atoms with Crippen LogP contribution in [0.2, 0.25) is 0 Å². The Morgan fingerprint density at radius 2 is 2.21 bits per heavy atom. The minimum Gasteiger partial charge on any atom is -0.481 e. The van der Waals surface area contributed by atoms with Crippen LogP contribution in [-0.4, -0.2) is 16.1 Å². The molecule has 2 rings (SSSR count). The van der Waals surface area contributed by atoms with E-state index in [-0.39, 0.29) is 0 Å². The van der Waals surface area contributed by atoms with Gasteiger partial charge in [0.2, 0.25) is 0 Å². The standard InChI is InChI=1S/C14H14BrNO2S/c1-8-9(2)19-13(16-8)7-12(14(17)18)10-4-3-5-11(15)6-10/h3-6,12H,7H2,1-2H3,(H,17,18). The highest BCUT2D eigenvalue weighted by molar-refractivity contribution is 9.10. The molecule has 0 aliphatic rings. The lowest BCUT2D eigenvalue weighted by Gasteiger charge is -2.11. The fourth-order valence-corrected chi connectivity index (χ4v) is 3.27. The first kappa shape index (κ1) is 14.2. The van der Waals surface area contributed by atoms with Crippen molar-refractivity contribution in [2.45, 2.75) is 26.2 Å². The number of aliphatic carboxylic acids is 1. The fourth-order valence-electron chi connectivity index (χ4n) is 1.87. The smallest absolute Gasteiger partial charge is 0.311 e. The summed E-state index contributed by atoms with van der Waals surface area (Å²) in [6.45, 7) is 3.95. The maximum absolute atomic E-state index is 11.5. The summed E-state index contributed by atoms with van der Waals surface area (Å²) in [5, 5.41) is 10.3. The molecule has 0 spiro atoms. The molecule has 1 atom stereocenters. The quantitative estimate of drug-likeness (QED) is 0.917. The monoisotopic (exact) mass is 339 g/mol. The van der Waals surface area contributed by atoms with Crippen LogP contribution in [0.4, 0.5) is 0 Å². The highest BCUT2D eigenvalue weighted by Crippen LogP contribution is 2.27. The summed E-state index contributed by atoms with van der Waals surface area (Å²) in [6, 6.07) is 7.44. The van der Waals surface area contributed by atoms with E-state index in [9.17, 15) is 9.90 Å². The van der Waals surface area contributed by atoms with Crippen molar-refractivity contribution >= 4 is 33.2 Å². The molecule has 0 radical (unpaired) electrons. The molecule has 19 heavy (non-hydrogen) atoms. The van der Waals surface area contributed by atoms with E-state index >= 15 is 0 Å². The van der Waals surface area contributed by atoms with Crippen LogP contribution in [-0.2, 0) is 11.2 Å². The highest BCUT2D eigenvalue weighted by Gasteiger charge is 2.22. The molecule has 100 valence electrons.